The highest BCUT2D eigenvalue weighted by Gasteiger charge is 2.42. The molecule has 0 unspecified atom stereocenters. The number of aliphatic hydroxyl groups is 1. The fraction of sp³-hybridized carbons (Fsp3) is 0.484. The molecule has 2 N–H and O–H groups in total. The van der Waals surface area contributed by atoms with Crippen molar-refractivity contribution < 1.29 is 24.1 Å². The zero-order valence-corrected chi connectivity index (χ0v) is 24.5. The van der Waals surface area contributed by atoms with Crippen LogP contribution in [0.15, 0.2) is 54.9 Å². The minimum atomic E-state index is -1.03. The van der Waals surface area contributed by atoms with Crippen molar-refractivity contribution in [1.29, 1.82) is 0 Å². The number of carbonyl (C=O) groups is 1. The van der Waals surface area contributed by atoms with Gasteiger partial charge in [-0.3, -0.25) is 4.79 Å². The summed E-state index contributed by atoms with van der Waals surface area (Å²) in [5.41, 5.74) is 0.989. The minimum absolute atomic E-state index is 0.0802. The molecule has 3 atom stereocenters. The molecule has 2 heterocycles. The summed E-state index contributed by atoms with van der Waals surface area (Å²) in [6.07, 6.45) is 5.70. The molecule has 0 spiro atoms. The number of amides is 1. The quantitative estimate of drug-likeness (QED) is 0.361. The summed E-state index contributed by atoms with van der Waals surface area (Å²) in [6.45, 7) is 2.55. The maximum atomic E-state index is 14.2. The van der Waals surface area contributed by atoms with Gasteiger partial charge in [0, 0.05) is 55.9 Å². The Bertz CT molecular complexity index is 1320. The van der Waals surface area contributed by atoms with Crippen LogP contribution in [0.2, 0.25) is 5.02 Å². The van der Waals surface area contributed by atoms with Gasteiger partial charge < -0.3 is 34.1 Å². The van der Waals surface area contributed by atoms with E-state index in [2.05, 4.69) is 5.32 Å². The Balaban J connectivity index is 1.41. The highest BCUT2D eigenvalue weighted by molar-refractivity contribution is 6.30. The van der Waals surface area contributed by atoms with Gasteiger partial charge in [0.15, 0.2) is 17.2 Å². The lowest BCUT2D eigenvalue weighted by Gasteiger charge is -2.41. The molecule has 2 aromatic carbocycles. The van der Waals surface area contributed by atoms with Gasteiger partial charge in [0.25, 0.3) is 5.91 Å². The number of piperazine rings is 1. The number of imidazole rings is 1. The van der Waals surface area contributed by atoms with E-state index >= 15 is 0 Å². The van der Waals surface area contributed by atoms with Crippen molar-refractivity contribution in [3.05, 3.63) is 65.6 Å². The topological polar surface area (TPSA) is 98.1 Å². The maximum Gasteiger partial charge on any atom is 0.275 e. The summed E-state index contributed by atoms with van der Waals surface area (Å²) in [6, 6.07) is 14.8. The molecule has 1 aliphatic heterocycles. The number of benzene rings is 2. The number of hydrogen-bond donors (Lipinski definition) is 2. The molecule has 1 amide bonds. The van der Waals surface area contributed by atoms with E-state index in [1.54, 1.807) is 38.7 Å². The molecule has 220 valence electrons. The Hall–Kier alpha value is -3.11. The number of methoxy groups -OCH3 is 2. The number of aromatic nitrogens is 2. The van der Waals surface area contributed by atoms with Crippen molar-refractivity contribution in [2.45, 2.75) is 49.8 Å². The van der Waals surface area contributed by atoms with E-state index in [0.29, 0.717) is 61.3 Å². The van der Waals surface area contributed by atoms with Gasteiger partial charge in [-0.1, -0.05) is 54.8 Å². The van der Waals surface area contributed by atoms with Crippen molar-refractivity contribution in [2.75, 3.05) is 47.1 Å². The molecule has 1 aromatic heterocycles. The van der Waals surface area contributed by atoms with Crippen molar-refractivity contribution in [1.82, 2.24) is 19.8 Å². The third kappa shape index (κ3) is 6.38. The van der Waals surface area contributed by atoms with E-state index in [4.69, 9.17) is 30.8 Å². The van der Waals surface area contributed by atoms with Crippen LogP contribution in [0.25, 0.3) is 11.3 Å². The average molecular weight is 583 g/mol. The molecule has 0 bridgehead atoms. The van der Waals surface area contributed by atoms with Crippen LogP contribution in [0.1, 0.15) is 48.6 Å². The standard InChI is InChI=1S/C31H39ClN4O5/c1-39-20-31(38)14-7-6-10-27(31)36-21-34-28(29(36)22-8-4-3-5-9-22)30(37)35-16-15-33-19-24(35)13-17-41-25-12-11-23(32)18-26(25)40-2/h3-5,8-9,11-12,18,21,24,27,33,38H,6-7,10,13-17,19-20H2,1-2H3/t24-,27-,31-/m1/s1. The van der Waals surface area contributed by atoms with Crippen LogP contribution in [0, 0.1) is 0 Å². The van der Waals surface area contributed by atoms with Crippen LogP contribution in [0.5, 0.6) is 11.5 Å². The average Bonchev–Trinajstić information content (AvgIpc) is 3.43. The van der Waals surface area contributed by atoms with Gasteiger partial charge in [0.2, 0.25) is 0 Å². The number of halogens is 1. The summed E-state index contributed by atoms with van der Waals surface area (Å²) >= 11 is 6.09. The van der Waals surface area contributed by atoms with Gasteiger partial charge in [-0.25, -0.2) is 4.98 Å². The van der Waals surface area contributed by atoms with Crippen molar-refractivity contribution in [3.63, 3.8) is 0 Å². The van der Waals surface area contributed by atoms with Crippen molar-refractivity contribution in [2.24, 2.45) is 0 Å². The number of carbonyl (C=O) groups excluding carboxylic acids is 1. The smallest absolute Gasteiger partial charge is 0.275 e. The predicted molar refractivity (Wildman–Crippen MR) is 158 cm³/mol. The summed E-state index contributed by atoms with van der Waals surface area (Å²) < 4.78 is 18.9. The first kappa shape index (κ1) is 29.4. The van der Waals surface area contributed by atoms with Gasteiger partial charge in [-0.05, 0) is 25.0 Å². The van der Waals surface area contributed by atoms with Gasteiger partial charge in [-0.15, -0.1) is 0 Å². The lowest BCUT2D eigenvalue weighted by atomic mass is 9.80. The number of nitrogens with zero attached hydrogens (tertiary/aromatic N) is 3. The Morgan fingerprint density at radius 3 is 2.78 bits per heavy atom. The molecule has 2 aliphatic rings. The van der Waals surface area contributed by atoms with E-state index in [0.717, 1.165) is 30.5 Å². The predicted octanol–water partition coefficient (Wildman–Crippen LogP) is 4.59. The number of rotatable bonds is 10. The first-order chi connectivity index (χ1) is 19.9. The first-order valence-electron chi connectivity index (χ1n) is 14.3. The molecule has 9 nitrogen and oxygen atoms in total. The summed E-state index contributed by atoms with van der Waals surface area (Å²) in [5, 5.41) is 15.6. The molecular formula is C31H39ClN4O5. The fourth-order valence-corrected chi connectivity index (χ4v) is 6.31. The second-order valence-electron chi connectivity index (χ2n) is 10.8. The van der Waals surface area contributed by atoms with Gasteiger partial charge >= 0.3 is 0 Å². The molecular weight excluding hydrogens is 544 g/mol. The Labute approximate surface area is 246 Å². The summed E-state index contributed by atoms with van der Waals surface area (Å²) in [5.74, 6) is 1.06. The largest absolute Gasteiger partial charge is 0.493 e. The normalized spacial score (nSPS) is 22.9. The zero-order valence-electron chi connectivity index (χ0n) is 23.7. The molecule has 5 rings (SSSR count). The van der Waals surface area contributed by atoms with Gasteiger partial charge in [-0.2, -0.15) is 0 Å². The molecule has 41 heavy (non-hydrogen) atoms. The maximum absolute atomic E-state index is 14.2. The molecule has 1 saturated heterocycles. The number of hydrogen-bond acceptors (Lipinski definition) is 7. The third-order valence-electron chi connectivity index (χ3n) is 8.18. The van der Waals surface area contributed by atoms with E-state index in [-0.39, 0.29) is 24.6 Å². The third-order valence-corrected chi connectivity index (χ3v) is 8.41. The number of nitrogens with one attached hydrogen (secondary N) is 1. The van der Waals surface area contributed by atoms with Gasteiger partial charge in [0.1, 0.15) is 5.60 Å². The Morgan fingerprint density at radius 2 is 2.00 bits per heavy atom. The van der Waals surface area contributed by atoms with Crippen LogP contribution in [0.3, 0.4) is 0 Å². The monoisotopic (exact) mass is 582 g/mol. The Morgan fingerprint density at radius 1 is 1.17 bits per heavy atom. The van der Waals surface area contributed by atoms with Crippen LogP contribution < -0.4 is 14.8 Å². The van der Waals surface area contributed by atoms with Crippen molar-refractivity contribution in [3.8, 4) is 22.8 Å². The molecule has 2 fully saturated rings. The SMILES string of the molecule is COC[C@]1(O)CCCC[C@H]1n1cnc(C(=O)N2CCNC[C@H]2CCOc2ccc(Cl)cc2OC)c1-c1ccccc1. The van der Waals surface area contributed by atoms with E-state index in [1.165, 1.54) is 0 Å². The fourth-order valence-electron chi connectivity index (χ4n) is 6.14. The molecule has 3 aromatic rings. The van der Waals surface area contributed by atoms with Crippen LogP contribution in [-0.4, -0.2) is 84.2 Å². The second kappa shape index (κ2) is 13.2. The first-order valence-corrected chi connectivity index (χ1v) is 14.6. The van der Waals surface area contributed by atoms with E-state index in [1.807, 2.05) is 39.8 Å². The molecule has 10 heteroatoms. The summed E-state index contributed by atoms with van der Waals surface area (Å²) in [7, 11) is 3.19. The van der Waals surface area contributed by atoms with Crippen LogP contribution in [-0.2, 0) is 4.74 Å². The molecule has 0 radical (unpaired) electrons. The lowest BCUT2D eigenvalue weighted by Crippen LogP contribution is -2.54. The van der Waals surface area contributed by atoms with Crippen LogP contribution in [0.4, 0.5) is 0 Å². The highest BCUT2D eigenvalue weighted by atomic mass is 35.5. The number of ether oxygens (including phenoxy) is 3. The zero-order chi connectivity index (χ0) is 28.8. The van der Waals surface area contributed by atoms with E-state index in [9.17, 15) is 9.90 Å². The minimum Gasteiger partial charge on any atom is -0.493 e. The lowest BCUT2D eigenvalue weighted by molar-refractivity contribution is -0.0893. The van der Waals surface area contributed by atoms with Crippen LogP contribution >= 0.6 is 11.6 Å². The second-order valence-corrected chi connectivity index (χ2v) is 11.2. The van der Waals surface area contributed by atoms with Crippen molar-refractivity contribution >= 4 is 17.5 Å². The Kier molecular flexibility index (Phi) is 9.49. The highest BCUT2D eigenvalue weighted by Crippen LogP contribution is 2.41. The molecule has 1 saturated carbocycles. The summed E-state index contributed by atoms with van der Waals surface area (Å²) in [4.78, 5) is 20.8. The molecule has 1 aliphatic carbocycles. The van der Waals surface area contributed by atoms with E-state index < -0.39 is 5.60 Å². The van der Waals surface area contributed by atoms with Gasteiger partial charge in [0.05, 0.1) is 38.4 Å².